The molecule has 0 aliphatic heterocycles. The maximum absolute atomic E-state index is 11.8. The Hall–Kier alpha value is -2.40. The van der Waals surface area contributed by atoms with Crippen molar-refractivity contribution in [3.8, 4) is 5.75 Å². The number of nitrogens with one attached hydrogen (secondary N) is 1. The molecule has 3 rings (SSSR count). The van der Waals surface area contributed by atoms with Crippen LogP contribution in [0.1, 0.15) is 0 Å². The van der Waals surface area contributed by atoms with E-state index in [-0.39, 0.29) is 12.5 Å². The van der Waals surface area contributed by atoms with Gasteiger partial charge in [0.2, 0.25) is 0 Å². The highest BCUT2D eigenvalue weighted by Crippen LogP contribution is 2.25. The molecule has 4 nitrogen and oxygen atoms in total. The highest BCUT2D eigenvalue weighted by atomic mass is 32.1. The van der Waals surface area contributed by atoms with Crippen molar-refractivity contribution < 1.29 is 9.53 Å². The van der Waals surface area contributed by atoms with Gasteiger partial charge in [0.05, 0.1) is 10.2 Å². The Balaban J connectivity index is 1.61. The third kappa shape index (κ3) is 2.95. The standard InChI is InChI=1S/C15H12N2O2S/c18-14(10-19-11-6-2-1-3-7-11)17-15-16-12-8-4-5-9-13(12)20-15/h1-9H,10H2,(H,16,17,18). The number of amides is 1. The van der Waals surface area contributed by atoms with Gasteiger partial charge in [-0.2, -0.15) is 0 Å². The first-order valence-corrected chi connectivity index (χ1v) is 6.96. The smallest absolute Gasteiger partial charge is 0.264 e. The molecule has 0 saturated carbocycles. The zero-order valence-electron chi connectivity index (χ0n) is 10.6. The highest BCUT2D eigenvalue weighted by Gasteiger charge is 2.08. The van der Waals surface area contributed by atoms with E-state index in [1.54, 1.807) is 0 Å². The predicted octanol–water partition coefficient (Wildman–Crippen LogP) is 3.31. The summed E-state index contributed by atoms with van der Waals surface area (Å²) in [5, 5.41) is 3.34. The zero-order chi connectivity index (χ0) is 13.8. The fourth-order valence-electron chi connectivity index (χ4n) is 1.75. The van der Waals surface area contributed by atoms with Gasteiger partial charge in [0, 0.05) is 0 Å². The number of ether oxygens (including phenoxy) is 1. The Kier molecular flexibility index (Phi) is 3.60. The largest absolute Gasteiger partial charge is 0.484 e. The van der Waals surface area contributed by atoms with E-state index < -0.39 is 0 Å². The number of hydrogen-bond donors (Lipinski definition) is 1. The van der Waals surface area contributed by atoms with Gasteiger partial charge in [0.1, 0.15) is 5.75 Å². The number of rotatable bonds is 4. The number of carbonyl (C=O) groups is 1. The van der Waals surface area contributed by atoms with Crippen molar-refractivity contribution >= 4 is 32.6 Å². The molecular formula is C15H12N2O2S. The number of fused-ring (bicyclic) bond motifs is 1. The molecule has 1 heterocycles. The van der Waals surface area contributed by atoms with Gasteiger partial charge < -0.3 is 4.74 Å². The van der Waals surface area contributed by atoms with Crippen molar-refractivity contribution in [1.82, 2.24) is 4.98 Å². The van der Waals surface area contributed by atoms with Crippen LogP contribution in [0.15, 0.2) is 54.6 Å². The normalized spacial score (nSPS) is 10.4. The Labute approximate surface area is 120 Å². The number of carbonyl (C=O) groups excluding carboxylic acids is 1. The first-order valence-electron chi connectivity index (χ1n) is 6.14. The molecule has 2 aromatic carbocycles. The molecule has 0 bridgehead atoms. The number of para-hydroxylation sites is 2. The monoisotopic (exact) mass is 284 g/mol. The summed E-state index contributed by atoms with van der Waals surface area (Å²) in [5.74, 6) is 0.458. The summed E-state index contributed by atoms with van der Waals surface area (Å²) in [4.78, 5) is 16.1. The van der Waals surface area contributed by atoms with Crippen LogP contribution in [0.3, 0.4) is 0 Å². The Morgan fingerprint density at radius 2 is 1.85 bits per heavy atom. The molecule has 3 aromatic rings. The SMILES string of the molecule is O=C(COc1ccccc1)Nc1nc2ccccc2s1. The number of hydrogen-bond acceptors (Lipinski definition) is 4. The molecule has 0 saturated heterocycles. The average Bonchev–Trinajstić information content (AvgIpc) is 2.88. The first kappa shape index (κ1) is 12.6. The van der Waals surface area contributed by atoms with Gasteiger partial charge in [-0.1, -0.05) is 41.7 Å². The minimum atomic E-state index is -0.215. The molecule has 0 aliphatic carbocycles. The van der Waals surface area contributed by atoms with E-state index in [9.17, 15) is 4.79 Å². The number of aromatic nitrogens is 1. The molecule has 0 unspecified atom stereocenters. The van der Waals surface area contributed by atoms with Crippen LogP contribution in [0.2, 0.25) is 0 Å². The molecule has 1 aromatic heterocycles. The second-order valence-electron chi connectivity index (χ2n) is 4.14. The van der Waals surface area contributed by atoms with E-state index >= 15 is 0 Å². The predicted molar refractivity (Wildman–Crippen MR) is 80.2 cm³/mol. The van der Waals surface area contributed by atoms with E-state index in [2.05, 4.69) is 10.3 Å². The lowest BCUT2D eigenvalue weighted by atomic mass is 10.3. The molecule has 5 heteroatoms. The molecule has 0 fully saturated rings. The van der Waals surface area contributed by atoms with Crippen LogP contribution in [-0.4, -0.2) is 17.5 Å². The third-order valence-electron chi connectivity index (χ3n) is 2.65. The van der Waals surface area contributed by atoms with E-state index in [0.29, 0.717) is 10.9 Å². The van der Waals surface area contributed by atoms with Crippen LogP contribution in [0.4, 0.5) is 5.13 Å². The maximum atomic E-state index is 11.8. The van der Waals surface area contributed by atoms with E-state index in [0.717, 1.165) is 10.2 Å². The average molecular weight is 284 g/mol. The summed E-state index contributed by atoms with van der Waals surface area (Å²) < 4.78 is 6.43. The Morgan fingerprint density at radius 1 is 1.10 bits per heavy atom. The van der Waals surface area contributed by atoms with Gasteiger partial charge in [-0.3, -0.25) is 10.1 Å². The molecule has 1 N–H and O–H groups in total. The summed E-state index contributed by atoms with van der Waals surface area (Å²) in [6.07, 6.45) is 0. The third-order valence-corrected chi connectivity index (χ3v) is 3.61. The number of nitrogens with zero attached hydrogens (tertiary/aromatic N) is 1. The minimum Gasteiger partial charge on any atom is -0.484 e. The van der Waals surface area contributed by atoms with Crippen LogP contribution in [-0.2, 0) is 4.79 Å². The molecule has 1 amide bonds. The first-order chi connectivity index (χ1) is 9.81. The van der Waals surface area contributed by atoms with Gasteiger partial charge in [-0.25, -0.2) is 4.98 Å². The van der Waals surface area contributed by atoms with Gasteiger partial charge in [-0.05, 0) is 24.3 Å². The van der Waals surface area contributed by atoms with Crippen molar-refractivity contribution in [3.63, 3.8) is 0 Å². The van der Waals surface area contributed by atoms with Crippen molar-refractivity contribution in [3.05, 3.63) is 54.6 Å². The molecular weight excluding hydrogens is 272 g/mol. The van der Waals surface area contributed by atoms with E-state index in [1.807, 2.05) is 54.6 Å². The van der Waals surface area contributed by atoms with Crippen molar-refractivity contribution in [1.29, 1.82) is 0 Å². The van der Waals surface area contributed by atoms with Crippen LogP contribution in [0, 0.1) is 0 Å². The lowest BCUT2D eigenvalue weighted by Crippen LogP contribution is -2.19. The molecule has 0 aliphatic rings. The topological polar surface area (TPSA) is 51.2 Å². The molecule has 0 spiro atoms. The van der Waals surface area contributed by atoms with Crippen molar-refractivity contribution in [2.75, 3.05) is 11.9 Å². The second-order valence-corrected chi connectivity index (χ2v) is 5.17. The van der Waals surface area contributed by atoms with Crippen LogP contribution >= 0.6 is 11.3 Å². The molecule has 100 valence electrons. The Bertz CT molecular complexity index is 692. The molecule has 20 heavy (non-hydrogen) atoms. The molecule has 0 atom stereocenters. The quantitative estimate of drug-likeness (QED) is 0.799. The van der Waals surface area contributed by atoms with Gasteiger partial charge in [0.15, 0.2) is 11.7 Å². The lowest BCUT2D eigenvalue weighted by molar-refractivity contribution is -0.118. The Morgan fingerprint density at radius 3 is 2.65 bits per heavy atom. The number of anilines is 1. The summed E-state index contributed by atoms with van der Waals surface area (Å²) in [6.45, 7) is -0.0278. The van der Waals surface area contributed by atoms with Gasteiger partial charge >= 0.3 is 0 Å². The summed E-state index contributed by atoms with van der Waals surface area (Å²) in [5.41, 5.74) is 0.886. The van der Waals surface area contributed by atoms with E-state index in [1.165, 1.54) is 11.3 Å². The fourth-order valence-corrected chi connectivity index (χ4v) is 2.63. The lowest BCUT2D eigenvalue weighted by Gasteiger charge is -2.04. The molecule has 0 radical (unpaired) electrons. The van der Waals surface area contributed by atoms with Crippen LogP contribution in [0.5, 0.6) is 5.75 Å². The summed E-state index contributed by atoms with van der Waals surface area (Å²) >= 11 is 1.45. The zero-order valence-corrected chi connectivity index (χ0v) is 11.4. The van der Waals surface area contributed by atoms with E-state index in [4.69, 9.17) is 4.74 Å². The summed E-state index contributed by atoms with van der Waals surface area (Å²) in [7, 11) is 0. The minimum absolute atomic E-state index is 0.0278. The van der Waals surface area contributed by atoms with Crippen molar-refractivity contribution in [2.24, 2.45) is 0 Å². The number of thiazole rings is 1. The van der Waals surface area contributed by atoms with Crippen molar-refractivity contribution in [2.45, 2.75) is 0 Å². The number of benzene rings is 2. The van der Waals surface area contributed by atoms with Gasteiger partial charge in [-0.15, -0.1) is 0 Å². The second kappa shape index (κ2) is 5.71. The fraction of sp³-hybridized carbons (Fsp3) is 0.0667. The van der Waals surface area contributed by atoms with Gasteiger partial charge in [0.25, 0.3) is 5.91 Å². The summed E-state index contributed by atoms with van der Waals surface area (Å²) in [6, 6.07) is 17.0. The van der Waals surface area contributed by atoms with Crippen LogP contribution in [0.25, 0.3) is 10.2 Å². The van der Waals surface area contributed by atoms with Crippen LogP contribution < -0.4 is 10.1 Å². The highest BCUT2D eigenvalue weighted by molar-refractivity contribution is 7.22. The maximum Gasteiger partial charge on any atom is 0.264 e.